The van der Waals surface area contributed by atoms with Crippen LogP contribution in [0.25, 0.3) is 0 Å². The molecule has 3 rings (SSSR count). The van der Waals surface area contributed by atoms with Gasteiger partial charge in [-0.2, -0.15) is 0 Å². The number of para-hydroxylation sites is 1. The Kier molecular flexibility index (Phi) is 6.26. The van der Waals surface area contributed by atoms with Gasteiger partial charge in [-0.3, -0.25) is 14.4 Å². The lowest BCUT2D eigenvalue weighted by molar-refractivity contribution is -0.125. The Balaban J connectivity index is 1.50. The van der Waals surface area contributed by atoms with E-state index in [0.717, 1.165) is 10.6 Å². The maximum atomic E-state index is 12.1. The monoisotopic (exact) mass is 423 g/mol. The number of hydrogen-bond donors (Lipinski definition) is 3. The van der Waals surface area contributed by atoms with Crippen molar-refractivity contribution in [2.45, 2.75) is 16.6 Å². The molecule has 0 fully saturated rings. The highest BCUT2D eigenvalue weighted by atomic mass is 35.5. The first kappa shape index (κ1) is 19.5. The zero-order valence-corrected chi connectivity index (χ0v) is 16.3. The fourth-order valence-electron chi connectivity index (χ4n) is 2.43. The number of carbonyl (C=O) groups excluding carboxylic acids is 3. The van der Waals surface area contributed by atoms with Crippen LogP contribution < -0.4 is 16.0 Å². The first-order valence-electron chi connectivity index (χ1n) is 8.00. The van der Waals surface area contributed by atoms with E-state index in [2.05, 4.69) is 16.0 Å². The van der Waals surface area contributed by atoms with Crippen molar-refractivity contribution in [2.24, 2.45) is 0 Å². The molecule has 3 amide bonds. The first-order valence-corrected chi connectivity index (χ1v) is 9.64. The number of halogens is 2. The summed E-state index contributed by atoms with van der Waals surface area (Å²) in [4.78, 5) is 37.1. The summed E-state index contributed by atoms with van der Waals surface area (Å²) >= 11 is 13.2. The minimum atomic E-state index is -0.551. The summed E-state index contributed by atoms with van der Waals surface area (Å²) in [7, 11) is 0. The molecule has 2 aromatic rings. The maximum absolute atomic E-state index is 12.1. The van der Waals surface area contributed by atoms with Crippen molar-refractivity contribution in [3.8, 4) is 0 Å². The SMILES string of the molecule is O=C(C[C@H]1Sc2ccccc2NC1=O)NCC(=O)Nc1cc(Cl)ccc1Cl. The van der Waals surface area contributed by atoms with Gasteiger partial charge in [0.2, 0.25) is 17.7 Å². The Labute approximate surface area is 170 Å². The van der Waals surface area contributed by atoms with Crippen molar-refractivity contribution in [3.63, 3.8) is 0 Å². The number of rotatable bonds is 5. The molecular formula is C18H15Cl2N3O3S. The minimum Gasteiger partial charge on any atom is -0.347 e. The van der Waals surface area contributed by atoms with Crippen LogP contribution in [-0.2, 0) is 14.4 Å². The lowest BCUT2D eigenvalue weighted by Gasteiger charge is -2.23. The molecule has 0 radical (unpaired) electrons. The highest BCUT2D eigenvalue weighted by Gasteiger charge is 2.28. The van der Waals surface area contributed by atoms with Gasteiger partial charge in [-0.25, -0.2) is 0 Å². The lowest BCUT2D eigenvalue weighted by Crippen LogP contribution is -2.37. The number of nitrogens with one attached hydrogen (secondary N) is 3. The van der Waals surface area contributed by atoms with Gasteiger partial charge < -0.3 is 16.0 Å². The van der Waals surface area contributed by atoms with Crippen LogP contribution in [0.5, 0.6) is 0 Å². The van der Waals surface area contributed by atoms with Gasteiger partial charge in [-0.15, -0.1) is 11.8 Å². The molecule has 140 valence electrons. The molecule has 2 aromatic carbocycles. The summed E-state index contributed by atoms with van der Waals surface area (Å²) in [5.74, 6) is -1.07. The second-order valence-electron chi connectivity index (χ2n) is 5.75. The third-order valence-electron chi connectivity index (χ3n) is 3.73. The van der Waals surface area contributed by atoms with Crippen LogP contribution in [0.3, 0.4) is 0 Å². The molecule has 0 saturated heterocycles. The van der Waals surface area contributed by atoms with E-state index < -0.39 is 17.1 Å². The largest absolute Gasteiger partial charge is 0.347 e. The molecule has 0 bridgehead atoms. The van der Waals surface area contributed by atoms with E-state index in [0.29, 0.717) is 15.7 Å². The molecule has 1 heterocycles. The van der Waals surface area contributed by atoms with Crippen molar-refractivity contribution in [3.05, 3.63) is 52.5 Å². The Morgan fingerprint density at radius 3 is 2.70 bits per heavy atom. The highest BCUT2D eigenvalue weighted by Crippen LogP contribution is 2.36. The van der Waals surface area contributed by atoms with Gasteiger partial charge >= 0.3 is 0 Å². The van der Waals surface area contributed by atoms with Gasteiger partial charge in [-0.05, 0) is 30.3 Å². The summed E-state index contributed by atoms with van der Waals surface area (Å²) in [6.45, 7) is -0.239. The Bertz CT molecular complexity index is 907. The number of hydrogen-bond acceptors (Lipinski definition) is 4. The lowest BCUT2D eigenvalue weighted by atomic mass is 10.2. The fourth-order valence-corrected chi connectivity index (χ4v) is 3.88. The van der Waals surface area contributed by atoms with E-state index in [9.17, 15) is 14.4 Å². The van der Waals surface area contributed by atoms with Crippen molar-refractivity contribution < 1.29 is 14.4 Å². The third-order valence-corrected chi connectivity index (χ3v) is 5.57. The van der Waals surface area contributed by atoms with Crippen LogP contribution in [-0.4, -0.2) is 29.5 Å². The van der Waals surface area contributed by atoms with Gasteiger partial charge in [-0.1, -0.05) is 35.3 Å². The smallest absolute Gasteiger partial charge is 0.243 e. The Morgan fingerprint density at radius 1 is 1.11 bits per heavy atom. The molecule has 0 saturated carbocycles. The molecule has 27 heavy (non-hydrogen) atoms. The normalized spacial score (nSPS) is 15.5. The van der Waals surface area contributed by atoms with Gasteiger partial charge in [0.1, 0.15) is 0 Å². The van der Waals surface area contributed by atoms with Gasteiger partial charge in [0.25, 0.3) is 0 Å². The van der Waals surface area contributed by atoms with Gasteiger partial charge in [0, 0.05) is 16.3 Å². The minimum absolute atomic E-state index is 0.0317. The van der Waals surface area contributed by atoms with Crippen molar-refractivity contribution in [1.82, 2.24) is 5.32 Å². The molecule has 9 heteroatoms. The van der Waals surface area contributed by atoms with E-state index in [1.54, 1.807) is 12.1 Å². The maximum Gasteiger partial charge on any atom is 0.243 e. The van der Waals surface area contributed by atoms with Crippen LogP contribution in [0.1, 0.15) is 6.42 Å². The Morgan fingerprint density at radius 2 is 1.89 bits per heavy atom. The molecular weight excluding hydrogens is 409 g/mol. The second kappa shape index (κ2) is 8.65. The second-order valence-corrected chi connectivity index (χ2v) is 7.83. The molecule has 0 spiro atoms. The summed E-state index contributed by atoms with van der Waals surface area (Å²) in [5, 5.41) is 8.08. The van der Waals surface area contributed by atoms with E-state index in [-0.39, 0.29) is 18.9 Å². The predicted molar refractivity (Wildman–Crippen MR) is 107 cm³/mol. The first-order chi connectivity index (χ1) is 12.9. The molecule has 3 N–H and O–H groups in total. The van der Waals surface area contributed by atoms with Gasteiger partial charge in [0.15, 0.2) is 0 Å². The summed E-state index contributed by atoms with van der Waals surface area (Å²) in [6.07, 6.45) is -0.0317. The van der Waals surface area contributed by atoms with Crippen molar-refractivity contribution in [1.29, 1.82) is 0 Å². The molecule has 1 aliphatic heterocycles. The third kappa shape index (κ3) is 5.15. The van der Waals surface area contributed by atoms with Crippen LogP contribution in [0.15, 0.2) is 47.4 Å². The van der Waals surface area contributed by atoms with Crippen molar-refractivity contribution in [2.75, 3.05) is 17.2 Å². The molecule has 0 unspecified atom stereocenters. The van der Waals surface area contributed by atoms with Crippen molar-refractivity contribution >= 4 is 64.1 Å². The number of fused-ring (bicyclic) bond motifs is 1. The van der Waals surface area contributed by atoms with E-state index in [4.69, 9.17) is 23.2 Å². The zero-order valence-electron chi connectivity index (χ0n) is 13.9. The molecule has 1 aliphatic rings. The van der Waals surface area contributed by atoms with E-state index in [1.165, 1.54) is 17.8 Å². The predicted octanol–water partition coefficient (Wildman–Crippen LogP) is 3.55. The van der Waals surface area contributed by atoms with Crippen LogP contribution in [0.2, 0.25) is 10.0 Å². The van der Waals surface area contributed by atoms with Crippen LogP contribution in [0.4, 0.5) is 11.4 Å². The quantitative estimate of drug-likeness (QED) is 0.685. The highest BCUT2D eigenvalue weighted by molar-refractivity contribution is 8.01. The number of benzene rings is 2. The van der Waals surface area contributed by atoms with E-state index in [1.807, 2.05) is 24.3 Å². The van der Waals surface area contributed by atoms with Gasteiger partial charge in [0.05, 0.1) is 28.2 Å². The standard InChI is InChI=1S/C18H15Cl2N3O3S/c19-10-5-6-11(20)13(7-10)22-17(25)9-21-16(24)8-15-18(26)23-12-3-1-2-4-14(12)27-15/h1-7,15H,8-9H2,(H,21,24)(H,22,25)(H,23,26)/t15-/m1/s1. The molecule has 6 nitrogen and oxygen atoms in total. The van der Waals surface area contributed by atoms with E-state index >= 15 is 0 Å². The van der Waals surface area contributed by atoms with Crippen LogP contribution >= 0.6 is 35.0 Å². The summed E-state index contributed by atoms with van der Waals surface area (Å²) in [6, 6.07) is 12.1. The fraction of sp³-hybridized carbons (Fsp3) is 0.167. The Hall–Kier alpha value is -2.22. The zero-order chi connectivity index (χ0) is 19.4. The van der Waals surface area contributed by atoms with Crippen LogP contribution in [0, 0.1) is 0 Å². The number of anilines is 2. The molecule has 0 aromatic heterocycles. The summed E-state index contributed by atoms with van der Waals surface area (Å²) < 4.78 is 0. The topological polar surface area (TPSA) is 87.3 Å². The molecule has 1 atom stereocenters. The summed E-state index contributed by atoms with van der Waals surface area (Å²) in [5.41, 5.74) is 1.10. The number of carbonyl (C=O) groups is 3. The average molecular weight is 424 g/mol. The number of thioether (sulfide) groups is 1. The number of amides is 3. The molecule has 0 aliphatic carbocycles. The average Bonchev–Trinajstić information content (AvgIpc) is 2.64.